The molecule has 0 spiro atoms. The summed E-state index contributed by atoms with van der Waals surface area (Å²) < 4.78 is 10.9. The van der Waals surface area contributed by atoms with Crippen LogP contribution in [0.1, 0.15) is 49.2 Å². The number of anilines is 1. The van der Waals surface area contributed by atoms with Crippen LogP contribution in [0.4, 0.5) is 10.5 Å². The number of ether oxygens (including phenoxy) is 1. The maximum atomic E-state index is 12.6. The Kier molecular flexibility index (Phi) is 7.94. The Bertz CT molecular complexity index is 1400. The summed E-state index contributed by atoms with van der Waals surface area (Å²) in [6.45, 7) is 5.32. The van der Waals surface area contributed by atoms with Gasteiger partial charge >= 0.3 is 12.1 Å². The molecule has 190 valence electrons. The fourth-order valence-electron chi connectivity index (χ4n) is 4.16. The molecule has 37 heavy (non-hydrogen) atoms. The lowest BCUT2D eigenvalue weighted by atomic mass is 9.94. The molecule has 0 saturated heterocycles. The van der Waals surface area contributed by atoms with Crippen molar-refractivity contribution in [3.05, 3.63) is 94.7 Å². The van der Waals surface area contributed by atoms with Gasteiger partial charge in [0.15, 0.2) is 5.76 Å². The van der Waals surface area contributed by atoms with Crippen LogP contribution in [0.15, 0.2) is 77.3 Å². The minimum absolute atomic E-state index is 0.424. The molecule has 8 heteroatoms. The minimum atomic E-state index is -0.825. The predicted molar refractivity (Wildman–Crippen MR) is 143 cm³/mol. The molecular weight excluding hydrogens is 492 g/mol. The normalized spacial score (nSPS) is 12.5. The molecule has 2 N–H and O–H groups in total. The summed E-state index contributed by atoms with van der Waals surface area (Å²) in [5, 5.41) is 16.8. The van der Waals surface area contributed by atoms with E-state index in [0.717, 1.165) is 22.3 Å². The van der Waals surface area contributed by atoms with E-state index in [9.17, 15) is 14.7 Å². The van der Waals surface area contributed by atoms with Gasteiger partial charge in [0.2, 0.25) is 0 Å². The average molecular weight is 519 g/mol. The van der Waals surface area contributed by atoms with Crippen molar-refractivity contribution in [2.45, 2.75) is 39.2 Å². The van der Waals surface area contributed by atoms with Crippen molar-refractivity contribution in [1.29, 1.82) is 0 Å². The molecule has 1 heterocycles. The van der Waals surface area contributed by atoms with Crippen LogP contribution in [-0.2, 0) is 9.53 Å². The lowest BCUT2D eigenvalue weighted by molar-refractivity contribution is -0.138. The van der Waals surface area contributed by atoms with E-state index in [2.05, 4.69) is 10.5 Å². The number of nitrogens with zero attached hydrogens (tertiary/aromatic N) is 1. The SMILES string of the molecule is CCC(C(=O)O)c1ccc(-c2ccc(-c3noc(C)c3NC(=O)OC(C)c3ccccc3Cl)cc2)cc1. The molecule has 4 aromatic rings. The van der Waals surface area contributed by atoms with Gasteiger partial charge in [-0.3, -0.25) is 10.1 Å². The van der Waals surface area contributed by atoms with Crippen LogP contribution in [-0.4, -0.2) is 22.3 Å². The number of hydrogen-bond donors (Lipinski definition) is 2. The van der Waals surface area contributed by atoms with Crippen LogP contribution in [0.3, 0.4) is 0 Å². The zero-order chi connectivity index (χ0) is 26.5. The van der Waals surface area contributed by atoms with E-state index in [1.165, 1.54) is 0 Å². The number of aliphatic carboxylic acids is 1. The summed E-state index contributed by atoms with van der Waals surface area (Å²) >= 11 is 6.21. The van der Waals surface area contributed by atoms with Crippen molar-refractivity contribution < 1.29 is 24.0 Å². The van der Waals surface area contributed by atoms with Crippen molar-refractivity contribution in [1.82, 2.24) is 5.16 Å². The summed E-state index contributed by atoms with van der Waals surface area (Å²) in [6.07, 6.45) is -0.668. The van der Waals surface area contributed by atoms with Crippen molar-refractivity contribution >= 4 is 29.4 Å². The van der Waals surface area contributed by atoms with E-state index in [1.54, 1.807) is 26.0 Å². The smallest absolute Gasteiger partial charge is 0.412 e. The quantitative estimate of drug-likeness (QED) is 0.246. The fourth-order valence-corrected chi connectivity index (χ4v) is 4.45. The molecule has 1 aromatic heterocycles. The first-order valence-electron chi connectivity index (χ1n) is 11.9. The van der Waals surface area contributed by atoms with E-state index in [1.807, 2.05) is 67.6 Å². The third kappa shape index (κ3) is 5.84. The number of halogens is 1. The summed E-state index contributed by atoms with van der Waals surface area (Å²) in [7, 11) is 0. The van der Waals surface area contributed by atoms with Crippen LogP contribution < -0.4 is 5.32 Å². The minimum Gasteiger partial charge on any atom is -0.481 e. The Labute approximate surface area is 220 Å². The fraction of sp³-hybridized carbons (Fsp3) is 0.207. The molecule has 0 saturated carbocycles. The van der Waals surface area contributed by atoms with Crippen molar-refractivity contribution in [3.8, 4) is 22.4 Å². The number of carboxylic acids is 1. The number of rotatable bonds is 8. The second kappa shape index (κ2) is 11.3. The standard InChI is InChI=1S/C29H27ClN2O5/c1-4-23(28(33)34)21-13-9-19(10-14-21)20-11-15-22(16-12-20)27-26(18(3)37-32-27)31-29(35)36-17(2)24-7-5-6-8-25(24)30/h5-17,23H,4H2,1-3H3,(H,31,35)(H,33,34). The molecule has 0 aliphatic heterocycles. The van der Waals surface area contributed by atoms with E-state index in [4.69, 9.17) is 20.9 Å². The summed E-state index contributed by atoms with van der Waals surface area (Å²) in [6, 6.07) is 22.4. The number of amides is 1. The number of carbonyl (C=O) groups excluding carboxylic acids is 1. The van der Waals surface area contributed by atoms with Gasteiger partial charge in [-0.05, 0) is 43.0 Å². The van der Waals surface area contributed by atoms with E-state index >= 15 is 0 Å². The Morgan fingerprint density at radius 2 is 1.59 bits per heavy atom. The topological polar surface area (TPSA) is 102 Å². The number of carboxylic acid groups (broad SMARTS) is 1. The molecule has 0 bridgehead atoms. The Morgan fingerprint density at radius 1 is 1.00 bits per heavy atom. The molecular formula is C29H27ClN2O5. The van der Waals surface area contributed by atoms with Crippen LogP contribution >= 0.6 is 11.6 Å². The van der Waals surface area contributed by atoms with Gasteiger partial charge in [-0.1, -0.05) is 90.4 Å². The first-order valence-corrected chi connectivity index (χ1v) is 12.3. The van der Waals surface area contributed by atoms with Gasteiger partial charge in [0.1, 0.15) is 17.5 Å². The number of benzene rings is 3. The molecule has 3 aromatic carbocycles. The zero-order valence-corrected chi connectivity index (χ0v) is 21.5. The molecule has 0 fully saturated rings. The number of carbonyl (C=O) groups is 2. The molecule has 7 nitrogen and oxygen atoms in total. The number of aromatic nitrogens is 1. The lowest BCUT2D eigenvalue weighted by Crippen LogP contribution is -2.17. The van der Waals surface area contributed by atoms with Crippen molar-refractivity contribution in [2.75, 3.05) is 5.32 Å². The van der Waals surface area contributed by atoms with Crippen molar-refractivity contribution in [2.24, 2.45) is 0 Å². The number of nitrogens with one attached hydrogen (secondary N) is 1. The summed E-state index contributed by atoms with van der Waals surface area (Å²) in [4.78, 5) is 24.1. The zero-order valence-electron chi connectivity index (χ0n) is 20.7. The first-order chi connectivity index (χ1) is 17.8. The van der Waals surface area contributed by atoms with Gasteiger partial charge < -0.3 is 14.4 Å². The Balaban J connectivity index is 1.49. The maximum absolute atomic E-state index is 12.6. The Hall–Kier alpha value is -4.10. The van der Waals surface area contributed by atoms with E-state index in [0.29, 0.717) is 34.1 Å². The van der Waals surface area contributed by atoms with Gasteiger partial charge in [-0.2, -0.15) is 0 Å². The van der Waals surface area contributed by atoms with Crippen LogP contribution in [0, 0.1) is 6.92 Å². The van der Waals surface area contributed by atoms with Crippen LogP contribution in [0.25, 0.3) is 22.4 Å². The monoisotopic (exact) mass is 518 g/mol. The van der Waals surface area contributed by atoms with Gasteiger partial charge in [0.05, 0.1) is 5.92 Å². The largest absolute Gasteiger partial charge is 0.481 e. The van der Waals surface area contributed by atoms with Gasteiger partial charge in [-0.15, -0.1) is 0 Å². The van der Waals surface area contributed by atoms with Crippen LogP contribution in [0.2, 0.25) is 5.02 Å². The number of hydrogen-bond acceptors (Lipinski definition) is 5. The first kappa shape index (κ1) is 26.0. The van der Waals surface area contributed by atoms with Gasteiger partial charge in [0.25, 0.3) is 0 Å². The second-order valence-corrected chi connectivity index (χ2v) is 9.06. The lowest BCUT2D eigenvalue weighted by Gasteiger charge is -2.15. The third-order valence-electron chi connectivity index (χ3n) is 6.23. The summed E-state index contributed by atoms with van der Waals surface area (Å²) in [5.74, 6) is -0.896. The van der Waals surface area contributed by atoms with Crippen molar-refractivity contribution in [3.63, 3.8) is 0 Å². The highest BCUT2D eigenvalue weighted by molar-refractivity contribution is 6.31. The molecule has 0 aliphatic carbocycles. The van der Waals surface area contributed by atoms with Gasteiger partial charge in [0, 0.05) is 16.1 Å². The molecule has 0 aliphatic rings. The van der Waals surface area contributed by atoms with Crippen LogP contribution in [0.5, 0.6) is 0 Å². The molecule has 4 rings (SSSR count). The summed E-state index contributed by atoms with van der Waals surface area (Å²) in [5.41, 5.74) is 5.06. The Morgan fingerprint density at radius 3 is 2.19 bits per heavy atom. The molecule has 0 radical (unpaired) electrons. The van der Waals surface area contributed by atoms with Gasteiger partial charge in [-0.25, -0.2) is 4.79 Å². The molecule has 2 unspecified atom stereocenters. The highest BCUT2D eigenvalue weighted by atomic mass is 35.5. The predicted octanol–water partition coefficient (Wildman–Crippen LogP) is 7.86. The van der Waals surface area contributed by atoms with E-state index < -0.39 is 24.1 Å². The molecule has 2 atom stereocenters. The molecule has 1 amide bonds. The third-order valence-corrected chi connectivity index (χ3v) is 6.57. The highest BCUT2D eigenvalue weighted by Crippen LogP contribution is 2.33. The maximum Gasteiger partial charge on any atom is 0.412 e. The van der Waals surface area contributed by atoms with E-state index in [-0.39, 0.29) is 0 Å². The second-order valence-electron chi connectivity index (χ2n) is 8.65. The highest BCUT2D eigenvalue weighted by Gasteiger charge is 2.21. The number of aryl methyl sites for hydroxylation is 1. The average Bonchev–Trinajstić information content (AvgIpc) is 3.24.